The fourth-order valence-electron chi connectivity index (χ4n) is 1.06. The highest BCUT2D eigenvalue weighted by Gasteiger charge is 2.23. The summed E-state index contributed by atoms with van der Waals surface area (Å²) in [5, 5.41) is 10.4. The Morgan fingerprint density at radius 1 is 1.40 bits per heavy atom. The molecule has 0 amide bonds. The molecule has 0 saturated heterocycles. The van der Waals surface area contributed by atoms with Crippen LogP contribution in [0.2, 0.25) is 0 Å². The van der Waals surface area contributed by atoms with Crippen molar-refractivity contribution in [3.8, 4) is 0 Å². The molecule has 0 heterocycles. The molecule has 1 unspecified atom stereocenters. The van der Waals surface area contributed by atoms with Crippen LogP contribution in [0.15, 0.2) is 0 Å². The quantitative estimate of drug-likeness (QED) is 0.576. The monoisotopic (exact) mass is 143 g/mol. The third kappa shape index (κ3) is 2.70. The lowest BCUT2D eigenvalue weighted by Gasteiger charge is -2.29. The molecule has 0 aromatic rings. The molecule has 0 N–H and O–H groups in total. The van der Waals surface area contributed by atoms with E-state index < -0.39 is 0 Å². The van der Waals surface area contributed by atoms with E-state index in [1.165, 1.54) is 6.42 Å². The Hall–Kier alpha value is -0.0400. The minimum absolute atomic E-state index is 0.0668. The van der Waals surface area contributed by atoms with Crippen molar-refractivity contribution >= 4 is 0 Å². The zero-order chi connectivity index (χ0) is 8.20. The summed E-state index contributed by atoms with van der Waals surface area (Å²) in [5.41, 5.74) is 0.247. The highest BCUT2D eigenvalue weighted by atomic mass is 16.3. The molecule has 0 aliphatic heterocycles. The molecule has 1 radical (unpaired) electrons. The number of rotatable bonds is 4. The zero-order valence-corrected chi connectivity index (χ0v) is 7.61. The van der Waals surface area contributed by atoms with Crippen molar-refractivity contribution in [3.05, 3.63) is 0 Å². The average molecular weight is 143 g/mol. The maximum atomic E-state index is 10.4. The Labute approximate surface area is 64.5 Å². The summed E-state index contributed by atoms with van der Waals surface area (Å²) in [6, 6.07) is 0. The summed E-state index contributed by atoms with van der Waals surface area (Å²) >= 11 is 0. The van der Waals surface area contributed by atoms with Gasteiger partial charge in [-0.05, 0) is 17.8 Å². The van der Waals surface area contributed by atoms with Gasteiger partial charge in [-0.25, -0.2) is 5.11 Å². The second-order valence-corrected chi connectivity index (χ2v) is 3.75. The average Bonchev–Trinajstić information content (AvgIpc) is 1.86. The standard InChI is InChI=1S/C9H19O/c1-5-8(2)9(3,4)6-7-10/h8H,5-7H2,1-4H3. The van der Waals surface area contributed by atoms with Gasteiger partial charge in [0.15, 0.2) is 0 Å². The highest BCUT2D eigenvalue weighted by Crippen LogP contribution is 2.31. The van der Waals surface area contributed by atoms with Crippen LogP contribution < -0.4 is 0 Å². The third-order valence-corrected chi connectivity index (χ3v) is 2.69. The van der Waals surface area contributed by atoms with Crippen molar-refractivity contribution in [1.82, 2.24) is 0 Å². The van der Waals surface area contributed by atoms with Gasteiger partial charge in [-0.3, -0.25) is 0 Å². The lowest BCUT2D eigenvalue weighted by Crippen LogP contribution is -2.21. The molecular weight excluding hydrogens is 124 g/mol. The molecule has 10 heavy (non-hydrogen) atoms. The predicted molar refractivity (Wildman–Crippen MR) is 43.4 cm³/mol. The molecule has 0 aromatic heterocycles. The fraction of sp³-hybridized carbons (Fsp3) is 1.00. The molecular formula is C9H19O. The van der Waals surface area contributed by atoms with E-state index in [1.54, 1.807) is 0 Å². The van der Waals surface area contributed by atoms with Crippen LogP contribution in [0.25, 0.3) is 0 Å². The largest absolute Gasteiger partial charge is 0.237 e. The Bertz CT molecular complexity index is 86.7. The molecule has 0 rings (SSSR count). The minimum atomic E-state index is 0.0668. The molecule has 61 valence electrons. The van der Waals surface area contributed by atoms with E-state index in [-0.39, 0.29) is 12.0 Å². The van der Waals surface area contributed by atoms with Gasteiger partial charge in [0, 0.05) is 0 Å². The summed E-state index contributed by atoms with van der Waals surface area (Å²) in [6.07, 6.45) is 1.98. The summed E-state index contributed by atoms with van der Waals surface area (Å²) in [5.74, 6) is 0.668. The molecule has 1 atom stereocenters. The smallest absolute Gasteiger partial charge is 0.0827 e. The van der Waals surface area contributed by atoms with Gasteiger partial charge in [-0.1, -0.05) is 34.1 Å². The molecule has 0 fully saturated rings. The maximum Gasteiger partial charge on any atom is 0.0827 e. The first-order valence-electron chi connectivity index (χ1n) is 4.12. The molecule has 0 spiro atoms. The van der Waals surface area contributed by atoms with Crippen LogP contribution in [0, 0.1) is 11.3 Å². The minimum Gasteiger partial charge on any atom is -0.237 e. The van der Waals surface area contributed by atoms with Gasteiger partial charge in [0.25, 0.3) is 0 Å². The highest BCUT2D eigenvalue weighted by molar-refractivity contribution is 4.73. The molecule has 0 aliphatic rings. The molecule has 0 aliphatic carbocycles. The van der Waals surface area contributed by atoms with Gasteiger partial charge >= 0.3 is 0 Å². The van der Waals surface area contributed by atoms with Crippen molar-refractivity contribution in [1.29, 1.82) is 0 Å². The Morgan fingerprint density at radius 2 is 1.90 bits per heavy atom. The van der Waals surface area contributed by atoms with Gasteiger partial charge in [0.05, 0.1) is 6.61 Å². The maximum absolute atomic E-state index is 10.4. The molecule has 1 heteroatoms. The SMILES string of the molecule is CCC(C)C(C)(C)CC[O]. The van der Waals surface area contributed by atoms with E-state index in [4.69, 9.17) is 0 Å². The molecule has 0 saturated carbocycles. The third-order valence-electron chi connectivity index (χ3n) is 2.69. The first-order valence-corrected chi connectivity index (χ1v) is 4.12. The zero-order valence-electron chi connectivity index (χ0n) is 7.61. The first kappa shape index (κ1) is 9.96. The summed E-state index contributed by atoms with van der Waals surface area (Å²) in [6.45, 7) is 8.82. The van der Waals surface area contributed by atoms with Crippen LogP contribution in [0.4, 0.5) is 0 Å². The van der Waals surface area contributed by atoms with Crippen LogP contribution in [0.5, 0.6) is 0 Å². The van der Waals surface area contributed by atoms with E-state index in [0.717, 1.165) is 6.42 Å². The lowest BCUT2D eigenvalue weighted by atomic mass is 9.76. The van der Waals surface area contributed by atoms with Crippen molar-refractivity contribution < 1.29 is 5.11 Å². The predicted octanol–water partition coefficient (Wildman–Crippen LogP) is 2.88. The van der Waals surface area contributed by atoms with Gasteiger partial charge in [0.2, 0.25) is 0 Å². The lowest BCUT2D eigenvalue weighted by molar-refractivity contribution is 0.111. The van der Waals surface area contributed by atoms with E-state index in [2.05, 4.69) is 27.7 Å². The topological polar surface area (TPSA) is 19.9 Å². The van der Waals surface area contributed by atoms with Gasteiger partial charge in [-0.2, -0.15) is 0 Å². The molecule has 0 bridgehead atoms. The van der Waals surface area contributed by atoms with Gasteiger partial charge in [-0.15, -0.1) is 0 Å². The van der Waals surface area contributed by atoms with Crippen molar-refractivity contribution in [3.63, 3.8) is 0 Å². The normalized spacial score (nSPS) is 15.3. The molecule has 1 nitrogen and oxygen atoms in total. The number of hydrogen-bond acceptors (Lipinski definition) is 0. The summed E-state index contributed by atoms with van der Waals surface area (Å²) < 4.78 is 0. The van der Waals surface area contributed by atoms with E-state index in [0.29, 0.717) is 5.92 Å². The van der Waals surface area contributed by atoms with Gasteiger partial charge < -0.3 is 0 Å². The van der Waals surface area contributed by atoms with Crippen molar-refractivity contribution in [2.75, 3.05) is 6.61 Å². The van der Waals surface area contributed by atoms with E-state index >= 15 is 0 Å². The second kappa shape index (κ2) is 3.97. The Kier molecular flexibility index (Phi) is 3.95. The van der Waals surface area contributed by atoms with Crippen LogP contribution in [-0.2, 0) is 5.11 Å². The van der Waals surface area contributed by atoms with Crippen LogP contribution in [0.3, 0.4) is 0 Å². The first-order chi connectivity index (χ1) is 4.54. The fourth-order valence-corrected chi connectivity index (χ4v) is 1.06. The van der Waals surface area contributed by atoms with Gasteiger partial charge in [0.1, 0.15) is 0 Å². The molecule has 0 aromatic carbocycles. The van der Waals surface area contributed by atoms with Crippen molar-refractivity contribution in [2.45, 2.75) is 40.5 Å². The Balaban J connectivity index is 3.82. The number of hydrogen-bond donors (Lipinski definition) is 0. The van der Waals surface area contributed by atoms with E-state index in [1.807, 2.05) is 0 Å². The Morgan fingerprint density at radius 3 is 2.20 bits per heavy atom. The summed E-state index contributed by atoms with van der Waals surface area (Å²) in [7, 11) is 0. The summed E-state index contributed by atoms with van der Waals surface area (Å²) in [4.78, 5) is 0. The van der Waals surface area contributed by atoms with Crippen LogP contribution in [0.1, 0.15) is 40.5 Å². The van der Waals surface area contributed by atoms with Crippen molar-refractivity contribution in [2.24, 2.45) is 11.3 Å². The second-order valence-electron chi connectivity index (χ2n) is 3.75. The van der Waals surface area contributed by atoms with Crippen LogP contribution >= 0.6 is 0 Å². The van der Waals surface area contributed by atoms with Crippen LogP contribution in [-0.4, -0.2) is 6.61 Å². The van der Waals surface area contributed by atoms with E-state index in [9.17, 15) is 5.11 Å².